The van der Waals surface area contributed by atoms with Crippen LogP contribution >= 0.6 is 11.8 Å². The highest BCUT2D eigenvalue weighted by atomic mass is 32.2. The molecule has 0 bridgehead atoms. The molecule has 6 nitrogen and oxygen atoms in total. The van der Waals surface area contributed by atoms with Crippen molar-refractivity contribution in [2.24, 2.45) is 7.05 Å². The second kappa shape index (κ2) is 6.87. The zero-order valence-corrected chi connectivity index (χ0v) is 16.2. The summed E-state index contributed by atoms with van der Waals surface area (Å²) in [5, 5.41) is 10.3. The van der Waals surface area contributed by atoms with Gasteiger partial charge in [-0.2, -0.15) is 0 Å². The average Bonchev–Trinajstić information content (AvgIpc) is 2.91. The molecular formula is C19H23N5OS. The molecule has 0 aliphatic carbocycles. The molecule has 0 radical (unpaired) electrons. The van der Waals surface area contributed by atoms with E-state index in [-0.39, 0.29) is 5.91 Å². The van der Waals surface area contributed by atoms with E-state index in [1.54, 1.807) is 0 Å². The van der Waals surface area contributed by atoms with Gasteiger partial charge in [-0.05, 0) is 45.2 Å². The zero-order valence-electron chi connectivity index (χ0n) is 15.4. The van der Waals surface area contributed by atoms with Crippen molar-refractivity contribution >= 4 is 39.7 Å². The summed E-state index contributed by atoms with van der Waals surface area (Å²) < 4.78 is 2.04. The van der Waals surface area contributed by atoms with Crippen LogP contribution in [0.1, 0.15) is 31.7 Å². The Balaban J connectivity index is 1.57. The highest BCUT2D eigenvalue weighted by Gasteiger charge is 2.23. The molecule has 4 rings (SSSR count). The van der Waals surface area contributed by atoms with E-state index in [2.05, 4.69) is 47.2 Å². The molecule has 3 aromatic rings. The lowest BCUT2D eigenvalue weighted by Gasteiger charge is -2.33. The minimum atomic E-state index is 0.165. The van der Waals surface area contributed by atoms with E-state index in [9.17, 15) is 4.79 Å². The number of amides is 1. The number of thioether (sulfide) groups is 1. The molecule has 0 unspecified atom stereocenters. The number of carbonyl (C=O) groups is 1. The molecule has 0 saturated carbocycles. The van der Waals surface area contributed by atoms with Crippen LogP contribution in [-0.2, 0) is 11.8 Å². The van der Waals surface area contributed by atoms with Gasteiger partial charge in [0, 0.05) is 25.0 Å². The number of benzene rings is 1. The van der Waals surface area contributed by atoms with Gasteiger partial charge < -0.3 is 9.47 Å². The number of likely N-dealkylation sites (tertiary alicyclic amines) is 1. The Hall–Kier alpha value is -2.15. The normalized spacial score (nSPS) is 18.0. The number of aromatic nitrogens is 4. The van der Waals surface area contributed by atoms with Gasteiger partial charge in [0.1, 0.15) is 5.52 Å². The third-order valence-electron chi connectivity index (χ3n) is 5.18. The van der Waals surface area contributed by atoms with Gasteiger partial charge in [0.2, 0.25) is 11.1 Å². The molecule has 2 aromatic heterocycles. The maximum absolute atomic E-state index is 12.5. The van der Waals surface area contributed by atoms with Gasteiger partial charge in [0.15, 0.2) is 5.65 Å². The summed E-state index contributed by atoms with van der Waals surface area (Å²) in [6.07, 6.45) is 3.40. The first-order valence-electron chi connectivity index (χ1n) is 9.06. The van der Waals surface area contributed by atoms with E-state index in [0.29, 0.717) is 17.0 Å². The van der Waals surface area contributed by atoms with Gasteiger partial charge in [-0.3, -0.25) is 4.79 Å². The lowest BCUT2D eigenvalue weighted by atomic mass is 10.0. The lowest BCUT2D eigenvalue weighted by Crippen LogP contribution is -2.42. The molecule has 26 heavy (non-hydrogen) atoms. The molecule has 1 saturated heterocycles. The Kier molecular flexibility index (Phi) is 4.56. The zero-order chi connectivity index (χ0) is 18.3. The molecule has 0 N–H and O–H groups in total. The molecule has 1 aromatic carbocycles. The fourth-order valence-corrected chi connectivity index (χ4v) is 4.36. The van der Waals surface area contributed by atoms with Crippen molar-refractivity contribution in [1.29, 1.82) is 0 Å². The predicted octanol–water partition coefficient (Wildman–Crippen LogP) is 3.32. The summed E-state index contributed by atoms with van der Waals surface area (Å²) in [6, 6.07) is 6.62. The van der Waals surface area contributed by atoms with Crippen LogP contribution < -0.4 is 0 Å². The smallest absolute Gasteiger partial charge is 0.233 e. The van der Waals surface area contributed by atoms with E-state index in [1.807, 2.05) is 16.5 Å². The fraction of sp³-hybridized carbons (Fsp3) is 0.474. The van der Waals surface area contributed by atoms with Crippen LogP contribution in [0.3, 0.4) is 0 Å². The molecule has 1 fully saturated rings. The molecule has 1 amide bonds. The Bertz CT molecular complexity index is 983. The largest absolute Gasteiger partial charge is 0.339 e. The predicted molar refractivity (Wildman–Crippen MR) is 104 cm³/mol. The van der Waals surface area contributed by atoms with E-state index in [1.165, 1.54) is 23.7 Å². The minimum absolute atomic E-state index is 0.165. The van der Waals surface area contributed by atoms with Gasteiger partial charge in [-0.1, -0.05) is 23.4 Å². The van der Waals surface area contributed by atoms with Gasteiger partial charge in [-0.15, -0.1) is 10.2 Å². The van der Waals surface area contributed by atoms with Gasteiger partial charge in [-0.25, -0.2) is 4.98 Å². The standard InChI is InChI=1S/C19H23N5OS/c1-12-7-8-15-14(10-12)17-18(23(15)3)20-19(22-21-17)26-11-16(25)24-9-5-4-6-13(24)2/h7-8,10,13H,4-6,9,11H2,1-3H3/t13-/m1/s1. The summed E-state index contributed by atoms with van der Waals surface area (Å²) in [6.45, 7) is 5.06. The highest BCUT2D eigenvalue weighted by molar-refractivity contribution is 7.99. The van der Waals surface area contributed by atoms with Crippen molar-refractivity contribution in [3.63, 3.8) is 0 Å². The van der Waals surface area contributed by atoms with Crippen molar-refractivity contribution in [3.05, 3.63) is 23.8 Å². The maximum Gasteiger partial charge on any atom is 0.233 e. The molecule has 136 valence electrons. The lowest BCUT2D eigenvalue weighted by molar-refractivity contribution is -0.131. The Morgan fingerprint density at radius 2 is 2.15 bits per heavy atom. The van der Waals surface area contributed by atoms with E-state index < -0.39 is 0 Å². The molecule has 0 spiro atoms. The second-order valence-electron chi connectivity index (χ2n) is 7.07. The summed E-state index contributed by atoms with van der Waals surface area (Å²) >= 11 is 1.37. The quantitative estimate of drug-likeness (QED) is 0.663. The third-order valence-corrected chi connectivity index (χ3v) is 6.01. The molecule has 1 aliphatic rings. The maximum atomic E-state index is 12.5. The third kappa shape index (κ3) is 3.05. The molecule has 3 heterocycles. The van der Waals surface area contributed by atoms with Crippen LogP contribution in [-0.4, -0.2) is 48.9 Å². The fourth-order valence-electron chi connectivity index (χ4n) is 3.70. The van der Waals surface area contributed by atoms with Crippen LogP contribution in [0.4, 0.5) is 0 Å². The molecule has 7 heteroatoms. The summed E-state index contributed by atoms with van der Waals surface area (Å²) in [4.78, 5) is 19.2. The molecule has 1 aliphatic heterocycles. The summed E-state index contributed by atoms with van der Waals surface area (Å²) in [5.41, 5.74) is 3.90. The van der Waals surface area contributed by atoms with Crippen LogP contribution in [0.25, 0.3) is 22.1 Å². The first-order valence-corrected chi connectivity index (χ1v) is 10.0. The number of nitrogens with zero attached hydrogens (tertiary/aromatic N) is 5. The SMILES string of the molecule is Cc1ccc2c(c1)c1nnc(SCC(=O)N3CCCC[C@H]3C)nc1n2C. The van der Waals surface area contributed by atoms with Gasteiger partial charge in [0.25, 0.3) is 0 Å². The monoisotopic (exact) mass is 369 g/mol. The van der Waals surface area contributed by atoms with Crippen molar-refractivity contribution in [1.82, 2.24) is 24.6 Å². The first-order chi connectivity index (χ1) is 12.5. The van der Waals surface area contributed by atoms with Crippen LogP contribution in [0.2, 0.25) is 0 Å². The van der Waals surface area contributed by atoms with Crippen molar-refractivity contribution in [2.45, 2.75) is 44.3 Å². The number of carbonyl (C=O) groups excluding carboxylic acids is 1. The minimum Gasteiger partial charge on any atom is -0.339 e. The van der Waals surface area contributed by atoms with E-state index in [0.717, 1.165) is 41.5 Å². The number of hydrogen-bond acceptors (Lipinski definition) is 5. The Labute approximate surface area is 157 Å². The first kappa shape index (κ1) is 17.3. The van der Waals surface area contributed by atoms with E-state index in [4.69, 9.17) is 0 Å². The average molecular weight is 369 g/mol. The van der Waals surface area contributed by atoms with Crippen LogP contribution in [0.5, 0.6) is 0 Å². The Morgan fingerprint density at radius 3 is 2.96 bits per heavy atom. The van der Waals surface area contributed by atoms with E-state index >= 15 is 0 Å². The summed E-state index contributed by atoms with van der Waals surface area (Å²) in [7, 11) is 1.99. The second-order valence-corrected chi connectivity index (χ2v) is 8.01. The number of aryl methyl sites for hydroxylation is 2. The molecular weight excluding hydrogens is 346 g/mol. The van der Waals surface area contributed by atoms with Gasteiger partial charge >= 0.3 is 0 Å². The number of fused-ring (bicyclic) bond motifs is 3. The van der Waals surface area contributed by atoms with Crippen molar-refractivity contribution < 1.29 is 4.79 Å². The molecule has 1 atom stereocenters. The van der Waals surface area contributed by atoms with Gasteiger partial charge in [0.05, 0.1) is 11.3 Å². The van der Waals surface area contributed by atoms with Crippen molar-refractivity contribution in [2.75, 3.05) is 12.3 Å². The number of piperidine rings is 1. The van der Waals surface area contributed by atoms with Crippen molar-refractivity contribution in [3.8, 4) is 0 Å². The number of rotatable bonds is 3. The topological polar surface area (TPSA) is 63.9 Å². The highest BCUT2D eigenvalue weighted by Crippen LogP contribution is 2.27. The van der Waals surface area contributed by atoms with Crippen LogP contribution in [0.15, 0.2) is 23.4 Å². The summed E-state index contributed by atoms with van der Waals surface area (Å²) in [5.74, 6) is 0.527. The van der Waals surface area contributed by atoms with Crippen LogP contribution in [0, 0.1) is 6.92 Å². The Morgan fingerprint density at radius 1 is 1.31 bits per heavy atom. The number of hydrogen-bond donors (Lipinski definition) is 0.